The third kappa shape index (κ3) is 4.68. The van der Waals surface area contributed by atoms with E-state index in [1.165, 1.54) is 0 Å². The maximum Gasteiger partial charge on any atom is 0.473 e. The van der Waals surface area contributed by atoms with Crippen molar-refractivity contribution in [3.05, 3.63) is 0 Å². The molecular weight excluding hydrogens is 315 g/mol. The van der Waals surface area contributed by atoms with Gasteiger partial charge in [0.05, 0.1) is 6.61 Å². The quantitative estimate of drug-likeness (QED) is 0.280. The summed E-state index contributed by atoms with van der Waals surface area (Å²) >= 11 is 0. The minimum Gasteiger partial charge on any atom is -0.479 e. The zero-order chi connectivity index (χ0) is 16.4. The fourth-order valence-electron chi connectivity index (χ4n) is 1.61. The average Bonchev–Trinajstić information content (AvgIpc) is 2.38. The van der Waals surface area contributed by atoms with Gasteiger partial charge in [0, 0.05) is 0 Å². The molecule has 0 spiro atoms. The lowest BCUT2D eigenvalue weighted by Crippen LogP contribution is -2.59. The average molecular weight is 332 g/mol. The van der Waals surface area contributed by atoms with Crippen LogP contribution in [0.5, 0.6) is 0 Å². The Morgan fingerprint density at radius 1 is 1.33 bits per heavy atom. The number of phosphoric ester groups is 1. The molecule has 1 saturated heterocycles. The number of hydrogen-bond acceptors (Lipinski definition) is 9. The Morgan fingerprint density at radius 3 is 2.38 bits per heavy atom. The summed E-state index contributed by atoms with van der Waals surface area (Å²) in [5.74, 6) is -1.53. The second-order valence-electron chi connectivity index (χ2n) is 4.35. The van der Waals surface area contributed by atoms with Crippen molar-refractivity contribution in [1.82, 2.24) is 0 Å². The molecule has 1 aliphatic heterocycles. The topological polar surface area (TPSA) is 183 Å². The van der Waals surface area contributed by atoms with Gasteiger partial charge < -0.3 is 35.2 Å². The van der Waals surface area contributed by atoms with E-state index in [0.717, 1.165) is 6.92 Å². The van der Waals surface area contributed by atoms with Crippen molar-refractivity contribution in [2.45, 2.75) is 43.7 Å². The molecule has 0 bridgehead atoms. The van der Waals surface area contributed by atoms with Crippen LogP contribution in [-0.2, 0) is 23.1 Å². The van der Waals surface area contributed by atoms with E-state index in [-0.39, 0.29) is 0 Å². The molecule has 0 aliphatic carbocycles. The summed E-state index contributed by atoms with van der Waals surface area (Å²) in [6.45, 7) is 0.251. The van der Waals surface area contributed by atoms with Gasteiger partial charge in [-0.05, 0) is 6.92 Å². The molecule has 0 aromatic carbocycles. The van der Waals surface area contributed by atoms with Crippen molar-refractivity contribution < 1.29 is 53.6 Å². The van der Waals surface area contributed by atoms with E-state index >= 15 is 0 Å². The van der Waals surface area contributed by atoms with Gasteiger partial charge in [-0.1, -0.05) is 0 Å². The molecule has 1 unspecified atom stereocenters. The summed E-state index contributed by atoms with van der Waals surface area (Å²) < 4.78 is 25.0. The smallest absolute Gasteiger partial charge is 0.473 e. The van der Waals surface area contributed by atoms with E-state index in [1.807, 2.05) is 0 Å². The maximum absolute atomic E-state index is 11.6. The van der Waals surface area contributed by atoms with Gasteiger partial charge in [-0.2, -0.15) is 0 Å². The highest BCUT2D eigenvalue weighted by Crippen LogP contribution is 2.47. The molecule has 1 rings (SSSR count). The van der Waals surface area contributed by atoms with E-state index in [4.69, 9.17) is 14.9 Å². The van der Waals surface area contributed by atoms with Crippen LogP contribution in [0.3, 0.4) is 0 Å². The van der Waals surface area contributed by atoms with Crippen LogP contribution in [-0.4, -0.2) is 79.8 Å². The van der Waals surface area contributed by atoms with Crippen LogP contribution in [0.25, 0.3) is 0 Å². The normalized spacial score (nSPS) is 37.7. The molecular formula is C9H17O11P. The highest BCUT2D eigenvalue weighted by atomic mass is 31.2. The van der Waals surface area contributed by atoms with E-state index in [9.17, 15) is 29.6 Å². The summed E-state index contributed by atoms with van der Waals surface area (Å²) in [7, 11) is -4.95. The Kier molecular flexibility index (Phi) is 6.23. The first kappa shape index (κ1) is 18.4. The van der Waals surface area contributed by atoms with Crippen molar-refractivity contribution >= 4 is 13.8 Å². The van der Waals surface area contributed by atoms with Gasteiger partial charge in [0.1, 0.15) is 24.4 Å². The van der Waals surface area contributed by atoms with E-state index in [2.05, 4.69) is 9.05 Å². The van der Waals surface area contributed by atoms with Crippen LogP contribution < -0.4 is 0 Å². The molecule has 7 atom stereocenters. The zero-order valence-electron chi connectivity index (χ0n) is 10.8. The first-order valence-corrected chi connectivity index (χ1v) is 7.31. The van der Waals surface area contributed by atoms with Gasteiger partial charge in [0.25, 0.3) is 0 Å². The number of carboxylic acid groups (broad SMARTS) is 1. The van der Waals surface area contributed by atoms with Crippen molar-refractivity contribution in [2.24, 2.45) is 0 Å². The summed E-state index contributed by atoms with van der Waals surface area (Å²) in [6, 6.07) is 0. The molecule has 0 aromatic rings. The molecule has 1 aliphatic rings. The number of hydrogen-bond donors (Lipinski definition) is 6. The van der Waals surface area contributed by atoms with Gasteiger partial charge in [0.15, 0.2) is 12.4 Å². The molecule has 6 N–H and O–H groups in total. The molecule has 0 saturated carbocycles. The number of phosphoric acid groups is 1. The summed E-state index contributed by atoms with van der Waals surface area (Å²) in [6.07, 6.45) is -10.4. The Labute approximate surface area is 118 Å². The minimum absolute atomic E-state index is 0.717. The van der Waals surface area contributed by atoms with Crippen molar-refractivity contribution in [2.75, 3.05) is 6.61 Å². The number of rotatable bonds is 6. The second-order valence-corrected chi connectivity index (χ2v) is 5.71. The molecule has 0 aromatic heterocycles. The maximum atomic E-state index is 11.6. The number of carboxylic acids is 1. The van der Waals surface area contributed by atoms with E-state index in [1.54, 1.807) is 0 Å². The van der Waals surface area contributed by atoms with Crippen LogP contribution in [0, 0.1) is 0 Å². The fraction of sp³-hybridized carbons (Fsp3) is 0.889. The largest absolute Gasteiger partial charge is 0.479 e. The highest BCUT2D eigenvalue weighted by Gasteiger charge is 2.48. The summed E-state index contributed by atoms with van der Waals surface area (Å²) in [4.78, 5) is 19.9. The molecule has 0 amide bonds. The number of carbonyl (C=O) groups is 1. The predicted molar refractivity (Wildman–Crippen MR) is 62.9 cm³/mol. The molecule has 1 heterocycles. The lowest BCUT2D eigenvalue weighted by molar-refractivity contribution is -0.283. The Balaban J connectivity index is 2.76. The number of aliphatic carboxylic acids is 1. The third-order valence-electron chi connectivity index (χ3n) is 2.74. The zero-order valence-corrected chi connectivity index (χ0v) is 11.7. The van der Waals surface area contributed by atoms with Gasteiger partial charge in [-0.25, -0.2) is 9.36 Å². The number of ether oxygens (including phenoxy) is 1. The van der Waals surface area contributed by atoms with Crippen LogP contribution in [0.2, 0.25) is 0 Å². The molecule has 11 nitrogen and oxygen atoms in total. The Hall–Kier alpha value is -0.620. The van der Waals surface area contributed by atoms with Gasteiger partial charge >= 0.3 is 13.8 Å². The standard InChI is InChI=1S/C9H17O11P/c1-3(8(13)14)19-21(16,17)20-7-6(12)5(11)4(2-10)18-9(7)15/h3-7,9-12,15H,2H2,1H3,(H,13,14)(H,16,17)/t3-,4+,5+,6-,7+,9+/m0/s1. The first-order chi connectivity index (χ1) is 9.59. The predicted octanol–water partition coefficient (Wildman–Crippen LogP) is -2.61. The van der Waals surface area contributed by atoms with Gasteiger partial charge in [0.2, 0.25) is 0 Å². The first-order valence-electron chi connectivity index (χ1n) is 5.82. The van der Waals surface area contributed by atoms with Gasteiger partial charge in [-0.3, -0.25) is 9.05 Å². The van der Waals surface area contributed by atoms with E-state index < -0.39 is 57.2 Å². The monoisotopic (exact) mass is 332 g/mol. The second kappa shape index (κ2) is 7.09. The minimum atomic E-state index is -4.95. The van der Waals surface area contributed by atoms with E-state index in [0.29, 0.717) is 0 Å². The van der Waals surface area contributed by atoms with Crippen molar-refractivity contribution in [3.8, 4) is 0 Å². The van der Waals surface area contributed by atoms with Gasteiger partial charge in [-0.15, -0.1) is 0 Å². The van der Waals surface area contributed by atoms with Crippen LogP contribution in [0.15, 0.2) is 0 Å². The summed E-state index contributed by atoms with van der Waals surface area (Å²) in [5.41, 5.74) is 0. The Bertz CT molecular complexity index is 414. The van der Waals surface area contributed by atoms with Crippen molar-refractivity contribution in [1.29, 1.82) is 0 Å². The SMILES string of the molecule is C[C@H](OP(=O)(O)O[C@@H]1[C@@H](O)[C@H](O)[C@@H](CO)O[C@H]1O)C(=O)O. The lowest BCUT2D eigenvalue weighted by Gasteiger charge is -2.39. The number of aliphatic hydroxyl groups is 4. The molecule has 1 fully saturated rings. The van der Waals surface area contributed by atoms with Crippen molar-refractivity contribution in [3.63, 3.8) is 0 Å². The fourth-order valence-corrected chi connectivity index (χ4v) is 2.68. The number of aliphatic hydroxyl groups excluding tert-OH is 4. The Morgan fingerprint density at radius 2 is 1.90 bits per heavy atom. The highest BCUT2D eigenvalue weighted by molar-refractivity contribution is 7.47. The molecule has 12 heteroatoms. The lowest BCUT2D eigenvalue weighted by atomic mass is 9.99. The summed E-state index contributed by atoms with van der Waals surface area (Å²) in [5, 5.41) is 46.2. The van der Waals surface area contributed by atoms with Crippen LogP contribution >= 0.6 is 7.82 Å². The van der Waals surface area contributed by atoms with Crippen LogP contribution in [0.1, 0.15) is 6.92 Å². The van der Waals surface area contributed by atoms with Crippen LogP contribution in [0.4, 0.5) is 0 Å². The molecule has 21 heavy (non-hydrogen) atoms. The molecule has 0 radical (unpaired) electrons. The molecule has 124 valence electrons. The third-order valence-corrected chi connectivity index (χ3v) is 3.83.